The Kier molecular flexibility index (Phi) is 4.12. The van der Waals surface area contributed by atoms with Crippen LogP contribution >= 0.6 is 0 Å². The highest BCUT2D eigenvalue weighted by Gasteiger charge is 2.36. The lowest BCUT2D eigenvalue weighted by atomic mass is 9.96. The smallest absolute Gasteiger partial charge is 0.229 e. The number of nitrogens with one attached hydrogen (secondary N) is 1. The number of aromatic hydroxyl groups is 1. The van der Waals surface area contributed by atoms with Crippen LogP contribution in [0.3, 0.4) is 0 Å². The SMILES string of the molecule is CCNC1COCC1C(=O)N1CCc2ccc(O)cc2C1. The summed E-state index contributed by atoms with van der Waals surface area (Å²) in [4.78, 5) is 14.6. The van der Waals surface area contributed by atoms with E-state index >= 15 is 0 Å². The van der Waals surface area contributed by atoms with Crippen LogP contribution in [0.1, 0.15) is 18.1 Å². The van der Waals surface area contributed by atoms with E-state index in [1.54, 1.807) is 12.1 Å². The van der Waals surface area contributed by atoms with E-state index < -0.39 is 0 Å². The number of carbonyl (C=O) groups is 1. The number of ether oxygens (including phenoxy) is 1. The first-order chi connectivity index (χ1) is 10.2. The summed E-state index contributed by atoms with van der Waals surface area (Å²) in [5, 5.41) is 12.9. The third kappa shape index (κ3) is 2.89. The first-order valence-electron chi connectivity index (χ1n) is 7.59. The van der Waals surface area contributed by atoms with Crippen molar-refractivity contribution in [3.63, 3.8) is 0 Å². The van der Waals surface area contributed by atoms with Crippen molar-refractivity contribution in [2.75, 3.05) is 26.3 Å². The van der Waals surface area contributed by atoms with Gasteiger partial charge in [-0.05, 0) is 36.2 Å². The Morgan fingerprint density at radius 3 is 3.10 bits per heavy atom. The fraction of sp³-hybridized carbons (Fsp3) is 0.562. The van der Waals surface area contributed by atoms with Crippen LogP contribution in [0.5, 0.6) is 5.75 Å². The molecule has 2 heterocycles. The molecule has 0 aromatic heterocycles. The molecular weight excluding hydrogens is 268 g/mol. The molecule has 21 heavy (non-hydrogen) atoms. The fourth-order valence-electron chi connectivity index (χ4n) is 3.23. The minimum atomic E-state index is -0.0937. The Labute approximate surface area is 124 Å². The van der Waals surface area contributed by atoms with Crippen LogP contribution in [0.25, 0.3) is 0 Å². The first-order valence-corrected chi connectivity index (χ1v) is 7.59. The maximum absolute atomic E-state index is 12.7. The number of carbonyl (C=O) groups excluding carboxylic acids is 1. The highest BCUT2D eigenvalue weighted by atomic mass is 16.5. The molecule has 2 atom stereocenters. The second kappa shape index (κ2) is 6.03. The summed E-state index contributed by atoms with van der Waals surface area (Å²) in [6, 6.07) is 5.55. The maximum Gasteiger partial charge on any atom is 0.229 e. The lowest BCUT2D eigenvalue weighted by molar-refractivity contribution is -0.137. The summed E-state index contributed by atoms with van der Waals surface area (Å²) in [7, 11) is 0. The van der Waals surface area contributed by atoms with Gasteiger partial charge in [-0.15, -0.1) is 0 Å². The van der Waals surface area contributed by atoms with Gasteiger partial charge in [0, 0.05) is 19.1 Å². The Morgan fingerprint density at radius 2 is 2.29 bits per heavy atom. The van der Waals surface area contributed by atoms with E-state index in [1.807, 2.05) is 17.9 Å². The monoisotopic (exact) mass is 290 g/mol. The van der Waals surface area contributed by atoms with Gasteiger partial charge in [0.2, 0.25) is 5.91 Å². The zero-order valence-electron chi connectivity index (χ0n) is 12.3. The van der Waals surface area contributed by atoms with Gasteiger partial charge in [0.05, 0.1) is 19.1 Å². The molecule has 0 aliphatic carbocycles. The number of benzene rings is 1. The molecule has 1 fully saturated rings. The van der Waals surface area contributed by atoms with Crippen LogP contribution in [0.4, 0.5) is 0 Å². The Bertz CT molecular complexity index is 532. The van der Waals surface area contributed by atoms with Gasteiger partial charge in [0.25, 0.3) is 0 Å². The van der Waals surface area contributed by atoms with Gasteiger partial charge >= 0.3 is 0 Å². The van der Waals surface area contributed by atoms with Crippen LogP contribution < -0.4 is 5.32 Å². The highest BCUT2D eigenvalue weighted by Crippen LogP contribution is 2.25. The molecule has 0 saturated carbocycles. The standard InChI is InChI=1S/C16H22N2O3/c1-2-17-15-10-21-9-14(15)16(20)18-6-5-11-3-4-13(19)7-12(11)8-18/h3-4,7,14-15,17,19H,2,5-6,8-10H2,1H3. The molecule has 0 bridgehead atoms. The van der Waals surface area contributed by atoms with Gasteiger partial charge in [0.15, 0.2) is 0 Å². The summed E-state index contributed by atoms with van der Waals surface area (Å²) in [6.45, 7) is 5.31. The van der Waals surface area contributed by atoms with E-state index in [1.165, 1.54) is 5.56 Å². The van der Waals surface area contributed by atoms with Gasteiger partial charge in [-0.1, -0.05) is 13.0 Å². The molecule has 2 unspecified atom stereocenters. The van der Waals surface area contributed by atoms with Crippen molar-refractivity contribution in [2.24, 2.45) is 5.92 Å². The molecule has 1 saturated heterocycles. The minimum Gasteiger partial charge on any atom is -0.508 e. The van der Waals surface area contributed by atoms with E-state index in [4.69, 9.17) is 4.74 Å². The van der Waals surface area contributed by atoms with E-state index in [2.05, 4.69) is 5.32 Å². The molecular formula is C16H22N2O3. The molecule has 0 spiro atoms. The Hall–Kier alpha value is -1.59. The maximum atomic E-state index is 12.7. The Morgan fingerprint density at radius 1 is 1.43 bits per heavy atom. The van der Waals surface area contributed by atoms with Crippen LogP contribution in [-0.4, -0.2) is 48.3 Å². The van der Waals surface area contributed by atoms with Crippen molar-refractivity contribution in [3.8, 4) is 5.75 Å². The minimum absolute atomic E-state index is 0.0937. The summed E-state index contributed by atoms with van der Waals surface area (Å²) in [6.07, 6.45) is 0.848. The van der Waals surface area contributed by atoms with Crippen LogP contribution in [0.2, 0.25) is 0 Å². The van der Waals surface area contributed by atoms with Crippen molar-refractivity contribution in [2.45, 2.75) is 25.9 Å². The van der Waals surface area contributed by atoms with Crippen LogP contribution in [0.15, 0.2) is 18.2 Å². The lowest BCUT2D eigenvalue weighted by Crippen LogP contribution is -2.47. The molecule has 2 N–H and O–H groups in total. The number of likely N-dealkylation sites (N-methyl/N-ethyl adjacent to an activating group) is 1. The third-order valence-corrected chi connectivity index (χ3v) is 4.38. The fourth-order valence-corrected chi connectivity index (χ4v) is 3.23. The summed E-state index contributed by atoms with van der Waals surface area (Å²) in [5.41, 5.74) is 2.27. The first kappa shape index (κ1) is 14.4. The van der Waals surface area contributed by atoms with Crippen molar-refractivity contribution < 1.29 is 14.6 Å². The normalized spacial score (nSPS) is 24.9. The molecule has 5 heteroatoms. The second-order valence-electron chi connectivity index (χ2n) is 5.77. The number of amides is 1. The predicted molar refractivity (Wildman–Crippen MR) is 79.0 cm³/mol. The van der Waals surface area contributed by atoms with Crippen LogP contribution in [-0.2, 0) is 22.5 Å². The van der Waals surface area contributed by atoms with Gasteiger partial charge in [-0.25, -0.2) is 0 Å². The molecule has 0 radical (unpaired) electrons. The average Bonchev–Trinajstić information content (AvgIpc) is 2.94. The van der Waals surface area contributed by atoms with E-state index in [0.29, 0.717) is 19.8 Å². The van der Waals surface area contributed by atoms with Crippen molar-refractivity contribution >= 4 is 5.91 Å². The lowest BCUT2D eigenvalue weighted by Gasteiger charge is -2.32. The number of hydrogen-bond donors (Lipinski definition) is 2. The van der Waals surface area contributed by atoms with E-state index in [-0.39, 0.29) is 23.6 Å². The zero-order valence-corrected chi connectivity index (χ0v) is 12.3. The molecule has 114 valence electrons. The molecule has 1 amide bonds. The van der Waals surface area contributed by atoms with Crippen molar-refractivity contribution in [1.29, 1.82) is 0 Å². The van der Waals surface area contributed by atoms with E-state index in [9.17, 15) is 9.90 Å². The van der Waals surface area contributed by atoms with Gasteiger partial charge in [0.1, 0.15) is 5.75 Å². The van der Waals surface area contributed by atoms with Gasteiger partial charge < -0.3 is 20.1 Å². The number of phenolic OH excluding ortho intramolecular Hbond substituents is 1. The molecule has 2 aliphatic heterocycles. The number of fused-ring (bicyclic) bond motifs is 1. The highest BCUT2D eigenvalue weighted by molar-refractivity contribution is 5.80. The number of rotatable bonds is 3. The molecule has 1 aromatic rings. The largest absolute Gasteiger partial charge is 0.508 e. The van der Waals surface area contributed by atoms with Crippen molar-refractivity contribution in [1.82, 2.24) is 10.2 Å². The topological polar surface area (TPSA) is 61.8 Å². The zero-order chi connectivity index (χ0) is 14.8. The molecule has 1 aromatic carbocycles. The van der Waals surface area contributed by atoms with Crippen molar-refractivity contribution in [3.05, 3.63) is 29.3 Å². The number of hydrogen-bond acceptors (Lipinski definition) is 4. The molecule has 2 aliphatic rings. The molecule has 3 rings (SSSR count). The van der Waals surface area contributed by atoms with Gasteiger partial charge in [-0.3, -0.25) is 4.79 Å². The third-order valence-electron chi connectivity index (χ3n) is 4.38. The predicted octanol–water partition coefficient (Wildman–Crippen LogP) is 0.901. The van der Waals surface area contributed by atoms with E-state index in [0.717, 1.165) is 25.1 Å². The summed E-state index contributed by atoms with van der Waals surface area (Å²) < 4.78 is 5.47. The average molecular weight is 290 g/mol. The number of phenols is 1. The quantitative estimate of drug-likeness (QED) is 0.868. The van der Waals surface area contributed by atoms with Crippen LogP contribution in [0, 0.1) is 5.92 Å². The second-order valence-corrected chi connectivity index (χ2v) is 5.77. The summed E-state index contributed by atoms with van der Waals surface area (Å²) >= 11 is 0. The summed E-state index contributed by atoms with van der Waals surface area (Å²) in [5.74, 6) is 0.328. The van der Waals surface area contributed by atoms with Gasteiger partial charge in [-0.2, -0.15) is 0 Å². The molecule has 5 nitrogen and oxygen atoms in total. The Balaban J connectivity index is 1.72. The number of nitrogens with zero attached hydrogens (tertiary/aromatic N) is 1.